The van der Waals surface area contributed by atoms with Crippen molar-refractivity contribution >= 4 is 5.78 Å². The van der Waals surface area contributed by atoms with E-state index in [1.54, 1.807) is 0 Å². The number of hydrogen-bond acceptors (Lipinski definition) is 2. The highest BCUT2D eigenvalue weighted by atomic mass is 19.3. The predicted octanol–water partition coefficient (Wildman–Crippen LogP) is 2.66. The molecule has 1 fully saturated rings. The van der Waals surface area contributed by atoms with Gasteiger partial charge in [0.25, 0.3) is 0 Å². The maximum absolute atomic E-state index is 12.3. The minimum absolute atomic E-state index is 0.283. The van der Waals surface area contributed by atoms with Crippen LogP contribution in [0, 0.1) is 5.92 Å². The summed E-state index contributed by atoms with van der Waals surface area (Å²) in [5, 5.41) is 0. The summed E-state index contributed by atoms with van der Waals surface area (Å²) >= 11 is 0. The molecular weight excluding hydrogens is 228 g/mol. The van der Waals surface area contributed by atoms with Crippen LogP contribution in [0.1, 0.15) is 25.7 Å². The molecule has 1 aliphatic rings. The Morgan fingerprint density at radius 3 is 2.50 bits per heavy atom. The molecule has 0 unspecified atom stereocenters. The van der Waals surface area contributed by atoms with Crippen LogP contribution < -0.4 is 0 Å². The van der Waals surface area contributed by atoms with Gasteiger partial charge in [-0.05, 0) is 12.3 Å². The molecule has 0 saturated heterocycles. The van der Waals surface area contributed by atoms with Crippen molar-refractivity contribution in [3.05, 3.63) is 0 Å². The highest BCUT2D eigenvalue weighted by molar-refractivity contribution is 5.79. The lowest BCUT2D eigenvalue weighted by Crippen LogP contribution is -2.33. The zero-order chi connectivity index (χ0) is 12.2. The van der Waals surface area contributed by atoms with Crippen LogP contribution in [0.25, 0.3) is 0 Å². The van der Waals surface area contributed by atoms with E-state index in [1.807, 2.05) is 0 Å². The molecular formula is C10H14F4O2. The normalized spacial score (nSPS) is 16.8. The molecule has 0 aliphatic heterocycles. The van der Waals surface area contributed by atoms with Crippen LogP contribution in [-0.2, 0) is 9.53 Å². The van der Waals surface area contributed by atoms with Crippen LogP contribution in [-0.4, -0.2) is 31.3 Å². The van der Waals surface area contributed by atoms with Crippen molar-refractivity contribution in [2.45, 2.75) is 38.0 Å². The van der Waals surface area contributed by atoms with Gasteiger partial charge in [0.1, 0.15) is 13.2 Å². The lowest BCUT2D eigenvalue weighted by Gasteiger charge is -2.14. The Balaban J connectivity index is 2.06. The average Bonchev–Trinajstić information content (AvgIpc) is 2.97. The largest absolute Gasteiger partial charge is 0.367 e. The molecule has 0 aromatic heterocycles. The summed E-state index contributed by atoms with van der Waals surface area (Å²) in [7, 11) is 0. The number of ketones is 1. The van der Waals surface area contributed by atoms with Crippen molar-refractivity contribution < 1.29 is 27.1 Å². The Kier molecular flexibility index (Phi) is 4.70. The van der Waals surface area contributed by atoms with Crippen molar-refractivity contribution in [2.24, 2.45) is 5.92 Å². The minimum Gasteiger partial charge on any atom is -0.367 e. The highest BCUT2D eigenvalue weighted by Gasteiger charge is 2.41. The van der Waals surface area contributed by atoms with Gasteiger partial charge in [0, 0.05) is 6.42 Å². The molecule has 6 heteroatoms. The van der Waals surface area contributed by atoms with Gasteiger partial charge in [-0.3, -0.25) is 4.79 Å². The van der Waals surface area contributed by atoms with Gasteiger partial charge in [-0.1, -0.05) is 12.8 Å². The third kappa shape index (κ3) is 4.92. The zero-order valence-corrected chi connectivity index (χ0v) is 8.73. The van der Waals surface area contributed by atoms with Gasteiger partial charge in [-0.25, -0.2) is 8.78 Å². The van der Waals surface area contributed by atoms with Crippen molar-refractivity contribution in [3.63, 3.8) is 0 Å². The summed E-state index contributed by atoms with van der Waals surface area (Å²) in [6, 6.07) is 0. The van der Waals surface area contributed by atoms with Gasteiger partial charge in [0.2, 0.25) is 0 Å². The Bertz CT molecular complexity index is 239. The zero-order valence-electron chi connectivity index (χ0n) is 8.73. The Hall–Kier alpha value is -0.650. The van der Waals surface area contributed by atoms with E-state index >= 15 is 0 Å². The van der Waals surface area contributed by atoms with E-state index in [4.69, 9.17) is 0 Å². The van der Waals surface area contributed by atoms with Gasteiger partial charge in [-0.15, -0.1) is 0 Å². The second-order valence-corrected chi connectivity index (χ2v) is 4.08. The molecule has 0 aromatic rings. The molecule has 0 aromatic carbocycles. The lowest BCUT2D eigenvalue weighted by atomic mass is 10.2. The molecule has 0 amide bonds. The number of hydrogen-bond donors (Lipinski definition) is 0. The fraction of sp³-hybridized carbons (Fsp3) is 0.900. The second-order valence-electron chi connectivity index (χ2n) is 4.08. The summed E-state index contributed by atoms with van der Waals surface area (Å²) in [6.45, 7) is -1.91. The number of alkyl halides is 4. The molecule has 16 heavy (non-hydrogen) atoms. The molecule has 1 rings (SSSR count). The monoisotopic (exact) mass is 242 g/mol. The van der Waals surface area contributed by atoms with Gasteiger partial charge in [-0.2, -0.15) is 8.78 Å². The first-order chi connectivity index (χ1) is 7.42. The summed E-state index contributed by atoms with van der Waals surface area (Å²) in [5.74, 6) is -3.90. The maximum Gasteiger partial charge on any atom is 0.330 e. The molecule has 0 atom stereocenters. The molecule has 1 aliphatic carbocycles. The number of Topliss-reactive ketones (excluding diaryl/α,β-unsaturated/α-hetero) is 1. The first kappa shape index (κ1) is 13.4. The SMILES string of the molecule is O=C(CCC1CC1)COCC(F)(F)C(F)F. The molecule has 0 heterocycles. The van der Waals surface area contributed by atoms with Crippen molar-refractivity contribution in [3.8, 4) is 0 Å². The third-order valence-corrected chi connectivity index (χ3v) is 2.41. The van der Waals surface area contributed by atoms with E-state index < -0.39 is 25.6 Å². The summed E-state index contributed by atoms with van der Waals surface area (Å²) in [6.07, 6.45) is -0.512. The van der Waals surface area contributed by atoms with Gasteiger partial charge in [0.15, 0.2) is 5.78 Å². The van der Waals surface area contributed by atoms with Crippen LogP contribution in [0.15, 0.2) is 0 Å². The van der Waals surface area contributed by atoms with Gasteiger partial charge < -0.3 is 4.74 Å². The average molecular weight is 242 g/mol. The van der Waals surface area contributed by atoms with Gasteiger partial charge in [0.05, 0.1) is 0 Å². The molecule has 0 N–H and O–H groups in total. The Morgan fingerprint density at radius 1 is 1.38 bits per heavy atom. The summed E-state index contributed by atoms with van der Waals surface area (Å²) in [4.78, 5) is 11.1. The summed E-state index contributed by atoms with van der Waals surface area (Å²) in [5.41, 5.74) is 0. The van der Waals surface area contributed by atoms with E-state index in [2.05, 4.69) is 4.74 Å². The fourth-order valence-electron chi connectivity index (χ4n) is 1.21. The second kappa shape index (κ2) is 5.61. The van der Waals surface area contributed by atoms with E-state index in [0.717, 1.165) is 19.3 Å². The van der Waals surface area contributed by atoms with Gasteiger partial charge >= 0.3 is 12.3 Å². The van der Waals surface area contributed by atoms with E-state index in [-0.39, 0.29) is 12.2 Å². The van der Waals surface area contributed by atoms with E-state index in [1.165, 1.54) is 0 Å². The molecule has 1 saturated carbocycles. The topological polar surface area (TPSA) is 26.3 Å². The molecule has 0 radical (unpaired) electrons. The maximum atomic E-state index is 12.3. The van der Waals surface area contributed by atoms with Crippen molar-refractivity contribution in [1.29, 1.82) is 0 Å². The van der Waals surface area contributed by atoms with E-state index in [9.17, 15) is 22.4 Å². The van der Waals surface area contributed by atoms with Crippen LogP contribution in [0.2, 0.25) is 0 Å². The predicted molar refractivity (Wildman–Crippen MR) is 48.7 cm³/mol. The summed E-state index contributed by atoms with van der Waals surface area (Å²) < 4.78 is 52.3. The number of rotatable bonds is 8. The number of halogens is 4. The molecule has 0 spiro atoms. The Labute approximate surface area is 91.0 Å². The first-order valence-electron chi connectivity index (χ1n) is 5.17. The van der Waals surface area contributed by atoms with Crippen molar-refractivity contribution in [2.75, 3.05) is 13.2 Å². The smallest absolute Gasteiger partial charge is 0.330 e. The van der Waals surface area contributed by atoms with Crippen molar-refractivity contribution in [1.82, 2.24) is 0 Å². The standard InChI is InChI=1S/C10H14F4O2/c11-9(12)10(13,14)6-16-5-8(15)4-3-7-1-2-7/h7,9H,1-6H2. The third-order valence-electron chi connectivity index (χ3n) is 2.41. The lowest BCUT2D eigenvalue weighted by molar-refractivity contribution is -0.168. The van der Waals surface area contributed by atoms with Crippen LogP contribution in [0.3, 0.4) is 0 Å². The quantitative estimate of drug-likeness (QED) is 0.612. The minimum atomic E-state index is -4.17. The van der Waals surface area contributed by atoms with E-state index in [0.29, 0.717) is 5.92 Å². The molecule has 94 valence electrons. The van der Waals surface area contributed by atoms with Crippen LogP contribution in [0.4, 0.5) is 17.6 Å². The molecule has 0 bridgehead atoms. The number of carbonyl (C=O) groups is 1. The Morgan fingerprint density at radius 2 is 2.00 bits per heavy atom. The molecule has 2 nitrogen and oxygen atoms in total. The fourth-order valence-corrected chi connectivity index (χ4v) is 1.21. The number of carbonyl (C=O) groups excluding carboxylic acids is 1. The number of ether oxygens (including phenoxy) is 1. The first-order valence-corrected chi connectivity index (χ1v) is 5.17. The van der Waals surface area contributed by atoms with Crippen LogP contribution >= 0.6 is 0 Å². The highest BCUT2D eigenvalue weighted by Crippen LogP contribution is 2.33. The van der Waals surface area contributed by atoms with Crippen LogP contribution in [0.5, 0.6) is 0 Å².